The van der Waals surface area contributed by atoms with Crippen LogP contribution >= 0.6 is 0 Å². The monoisotopic (exact) mass is 529 g/mol. The van der Waals surface area contributed by atoms with Gasteiger partial charge in [-0.2, -0.15) is 0 Å². The van der Waals surface area contributed by atoms with E-state index in [1.165, 1.54) is 5.56 Å². The third-order valence-corrected chi connectivity index (χ3v) is 7.17. The van der Waals surface area contributed by atoms with Crippen LogP contribution in [0.1, 0.15) is 11.1 Å². The molecule has 6 rings (SSSR count). The quantitative estimate of drug-likeness (QED) is 0.293. The molecule has 40 heavy (non-hydrogen) atoms. The van der Waals surface area contributed by atoms with Crippen molar-refractivity contribution in [3.63, 3.8) is 0 Å². The highest BCUT2D eigenvalue weighted by Crippen LogP contribution is 2.26. The van der Waals surface area contributed by atoms with Gasteiger partial charge in [-0.25, -0.2) is 4.98 Å². The van der Waals surface area contributed by atoms with Gasteiger partial charge in [0.2, 0.25) is 5.91 Å². The van der Waals surface area contributed by atoms with Crippen LogP contribution in [0.5, 0.6) is 0 Å². The molecule has 5 aromatic rings. The molecule has 1 saturated heterocycles. The van der Waals surface area contributed by atoms with E-state index in [4.69, 9.17) is 10.7 Å². The summed E-state index contributed by atoms with van der Waals surface area (Å²) in [5, 5.41) is 2.96. The predicted octanol–water partition coefficient (Wildman–Crippen LogP) is 4.78. The van der Waals surface area contributed by atoms with Gasteiger partial charge >= 0.3 is 0 Å². The molecule has 0 bridgehead atoms. The second kappa shape index (κ2) is 11.5. The summed E-state index contributed by atoms with van der Waals surface area (Å²) >= 11 is 0. The van der Waals surface area contributed by atoms with E-state index in [0.29, 0.717) is 5.69 Å². The zero-order valence-electron chi connectivity index (χ0n) is 22.2. The van der Waals surface area contributed by atoms with Crippen LogP contribution in [0.4, 0.5) is 17.2 Å². The highest BCUT2D eigenvalue weighted by Gasteiger charge is 2.19. The van der Waals surface area contributed by atoms with Crippen molar-refractivity contribution in [1.29, 1.82) is 0 Å². The highest BCUT2D eigenvalue weighted by atomic mass is 16.1. The molecule has 3 aromatic carbocycles. The number of pyridine rings is 1. The maximum atomic E-state index is 12.5. The predicted molar refractivity (Wildman–Crippen MR) is 160 cm³/mol. The second-order valence-electron chi connectivity index (χ2n) is 10.1. The van der Waals surface area contributed by atoms with Crippen molar-refractivity contribution >= 4 is 34.1 Å². The van der Waals surface area contributed by atoms with Gasteiger partial charge < -0.3 is 16.0 Å². The molecule has 0 aliphatic carbocycles. The van der Waals surface area contributed by atoms with Crippen molar-refractivity contribution in [2.45, 2.75) is 13.0 Å². The normalized spacial score (nSPS) is 13.8. The van der Waals surface area contributed by atoms with Crippen LogP contribution < -0.4 is 16.0 Å². The largest absolute Gasteiger partial charge is 0.399 e. The van der Waals surface area contributed by atoms with Crippen molar-refractivity contribution < 1.29 is 4.79 Å². The number of hydrogen-bond donors (Lipinski definition) is 2. The van der Waals surface area contributed by atoms with Crippen molar-refractivity contribution in [2.24, 2.45) is 0 Å². The van der Waals surface area contributed by atoms with E-state index >= 15 is 0 Å². The molecular formula is C32H31N7O. The summed E-state index contributed by atoms with van der Waals surface area (Å²) in [6, 6.07) is 25.5. The number of amides is 1. The Labute approximate surface area is 233 Å². The lowest BCUT2D eigenvalue weighted by atomic mass is 10.0. The zero-order valence-corrected chi connectivity index (χ0v) is 22.2. The van der Waals surface area contributed by atoms with Crippen molar-refractivity contribution in [1.82, 2.24) is 19.9 Å². The third-order valence-electron chi connectivity index (χ3n) is 7.17. The first-order valence-corrected chi connectivity index (χ1v) is 13.5. The number of nitrogen functional groups attached to an aromatic ring is 1. The molecule has 8 nitrogen and oxygen atoms in total. The second-order valence-corrected chi connectivity index (χ2v) is 10.1. The Morgan fingerprint density at radius 2 is 1.62 bits per heavy atom. The van der Waals surface area contributed by atoms with E-state index in [1.807, 2.05) is 79.3 Å². The fourth-order valence-electron chi connectivity index (χ4n) is 5.06. The van der Waals surface area contributed by atoms with Gasteiger partial charge in [0.15, 0.2) is 0 Å². The number of fused-ring (bicyclic) bond motifs is 1. The Balaban J connectivity index is 1.10. The van der Waals surface area contributed by atoms with E-state index in [0.717, 1.165) is 72.0 Å². The molecule has 0 radical (unpaired) electrons. The topological polar surface area (TPSA) is 100 Å². The van der Waals surface area contributed by atoms with Gasteiger partial charge in [-0.15, -0.1) is 0 Å². The van der Waals surface area contributed by atoms with Crippen LogP contribution in [-0.2, 0) is 17.8 Å². The molecule has 200 valence electrons. The number of anilines is 3. The minimum atomic E-state index is -0.0789. The van der Waals surface area contributed by atoms with Crippen LogP contribution in [0.2, 0.25) is 0 Å². The van der Waals surface area contributed by atoms with Gasteiger partial charge in [0.25, 0.3) is 0 Å². The van der Waals surface area contributed by atoms with E-state index in [-0.39, 0.29) is 12.3 Å². The number of nitrogens with one attached hydrogen (secondary N) is 1. The van der Waals surface area contributed by atoms with Gasteiger partial charge in [-0.1, -0.05) is 36.4 Å². The van der Waals surface area contributed by atoms with Crippen LogP contribution in [0.3, 0.4) is 0 Å². The van der Waals surface area contributed by atoms with Gasteiger partial charge in [-0.3, -0.25) is 19.7 Å². The maximum Gasteiger partial charge on any atom is 0.228 e. The lowest BCUT2D eigenvalue weighted by Gasteiger charge is -2.35. The van der Waals surface area contributed by atoms with Crippen LogP contribution in [0, 0.1) is 0 Å². The number of carbonyl (C=O) groups excluding carboxylic acids is 1. The summed E-state index contributed by atoms with van der Waals surface area (Å²) in [4.78, 5) is 31.1. The number of carbonyl (C=O) groups is 1. The first-order valence-electron chi connectivity index (χ1n) is 13.5. The summed E-state index contributed by atoms with van der Waals surface area (Å²) in [5.74, 6) is 0.827. The lowest BCUT2D eigenvalue weighted by Crippen LogP contribution is -2.46. The highest BCUT2D eigenvalue weighted by molar-refractivity contribution is 5.92. The number of benzene rings is 3. The molecule has 0 saturated carbocycles. The minimum absolute atomic E-state index is 0.0789. The Morgan fingerprint density at radius 1 is 0.825 bits per heavy atom. The first kappa shape index (κ1) is 25.5. The number of aromatic nitrogens is 3. The number of piperazine rings is 1. The molecule has 0 spiro atoms. The smallest absolute Gasteiger partial charge is 0.228 e. The molecule has 3 heterocycles. The average Bonchev–Trinajstić information content (AvgIpc) is 2.98. The maximum absolute atomic E-state index is 12.5. The van der Waals surface area contributed by atoms with E-state index in [1.54, 1.807) is 0 Å². The molecule has 8 heteroatoms. The van der Waals surface area contributed by atoms with Gasteiger partial charge in [0, 0.05) is 56.5 Å². The fourth-order valence-corrected chi connectivity index (χ4v) is 5.06. The molecule has 0 unspecified atom stereocenters. The van der Waals surface area contributed by atoms with Crippen molar-refractivity contribution in [3.05, 3.63) is 109 Å². The SMILES string of the molecule is Nc1cccc(CC(=O)Nc2ccc(-c3ccc4ncc(N5CCN(Cc6cccnc6)CC5)nc4c3)cc2)c1. The molecular weight excluding hydrogens is 498 g/mol. The average molecular weight is 530 g/mol. The molecule has 1 aliphatic rings. The molecule has 2 aromatic heterocycles. The molecule has 1 amide bonds. The number of nitrogens with two attached hydrogens (primary N) is 1. The van der Waals surface area contributed by atoms with Crippen molar-refractivity contribution in [3.8, 4) is 11.1 Å². The van der Waals surface area contributed by atoms with Crippen LogP contribution in [0.25, 0.3) is 22.2 Å². The Hall–Kier alpha value is -4.82. The number of hydrogen-bond acceptors (Lipinski definition) is 7. The van der Waals surface area contributed by atoms with Crippen molar-refractivity contribution in [2.75, 3.05) is 42.1 Å². The summed E-state index contributed by atoms with van der Waals surface area (Å²) < 4.78 is 0. The molecule has 3 N–H and O–H groups in total. The number of nitrogens with zero attached hydrogens (tertiary/aromatic N) is 5. The lowest BCUT2D eigenvalue weighted by molar-refractivity contribution is -0.115. The molecule has 0 atom stereocenters. The summed E-state index contributed by atoms with van der Waals surface area (Å²) in [6.45, 7) is 4.67. The molecule has 1 fully saturated rings. The van der Waals surface area contributed by atoms with Gasteiger partial charge in [0.1, 0.15) is 5.82 Å². The Kier molecular flexibility index (Phi) is 7.32. The van der Waals surface area contributed by atoms with E-state index < -0.39 is 0 Å². The van der Waals surface area contributed by atoms with E-state index in [2.05, 4.69) is 43.3 Å². The van der Waals surface area contributed by atoms with Gasteiger partial charge in [0.05, 0.1) is 23.7 Å². The summed E-state index contributed by atoms with van der Waals surface area (Å²) in [7, 11) is 0. The molecule has 1 aliphatic heterocycles. The van der Waals surface area contributed by atoms with E-state index in [9.17, 15) is 4.79 Å². The van der Waals surface area contributed by atoms with Crippen LogP contribution in [0.15, 0.2) is 97.5 Å². The third kappa shape index (κ3) is 6.08. The van der Waals surface area contributed by atoms with Crippen LogP contribution in [-0.4, -0.2) is 51.9 Å². The zero-order chi connectivity index (χ0) is 27.3. The summed E-state index contributed by atoms with van der Waals surface area (Å²) in [5.41, 5.74) is 13.2. The first-order chi connectivity index (χ1) is 19.6. The number of rotatable bonds is 7. The van der Waals surface area contributed by atoms with Gasteiger partial charge in [-0.05, 0) is 64.7 Å². The Morgan fingerprint density at radius 3 is 2.40 bits per heavy atom. The fraction of sp³-hybridized carbons (Fsp3) is 0.188. The minimum Gasteiger partial charge on any atom is -0.399 e. The standard InChI is InChI=1S/C32H31N7O/c33-27-5-1-3-23(17-27)18-32(40)36-28-9-6-25(7-10-28)26-8-11-29-30(19-26)37-31(21-35-29)39-15-13-38(14-16-39)22-24-4-2-12-34-20-24/h1-12,17,19-21H,13-16,18,22,33H2,(H,36,40). The summed E-state index contributed by atoms with van der Waals surface area (Å²) in [6.07, 6.45) is 5.90. The Bertz CT molecular complexity index is 1610.